The number of nitrogens with two attached hydrogens (primary N) is 1. The number of anilines is 1. The first kappa shape index (κ1) is 15.0. The fourth-order valence-corrected chi connectivity index (χ4v) is 1.38. The maximum absolute atomic E-state index is 11.4. The van der Waals surface area contributed by atoms with Gasteiger partial charge in [-0.2, -0.15) is 5.06 Å². The number of urea groups is 1. The molecule has 0 aliphatic rings. The molecule has 2 amide bonds. The maximum atomic E-state index is 11.4. The second kappa shape index (κ2) is 5.71. The van der Waals surface area contributed by atoms with Crippen LogP contribution in [0, 0.1) is 0 Å². The van der Waals surface area contributed by atoms with Crippen LogP contribution >= 0.6 is 0 Å². The van der Waals surface area contributed by atoms with E-state index in [1.807, 2.05) is 0 Å². The zero-order valence-electron chi connectivity index (χ0n) is 11.5. The van der Waals surface area contributed by atoms with E-state index in [1.54, 1.807) is 39.0 Å². The number of nitrogens with zero attached hydrogens (tertiary/aromatic N) is 1. The van der Waals surface area contributed by atoms with Crippen LogP contribution in [0.1, 0.15) is 31.1 Å². The second-order valence-corrected chi connectivity index (χ2v) is 4.88. The molecule has 0 aliphatic carbocycles. The van der Waals surface area contributed by atoms with Crippen LogP contribution in [0.3, 0.4) is 0 Å². The van der Waals surface area contributed by atoms with E-state index in [0.717, 1.165) is 5.06 Å². The summed E-state index contributed by atoms with van der Waals surface area (Å²) in [5.41, 5.74) is 5.35. The van der Waals surface area contributed by atoms with Crippen molar-refractivity contribution in [2.24, 2.45) is 5.73 Å². The van der Waals surface area contributed by atoms with E-state index in [1.165, 1.54) is 13.2 Å². The van der Waals surface area contributed by atoms with E-state index in [4.69, 9.17) is 10.6 Å². The molecule has 0 aliphatic heterocycles. The lowest BCUT2D eigenvalue weighted by molar-refractivity contribution is -0.00634. The first-order valence-electron chi connectivity index (χ1n) is 5.71. The Morgan fingerprint density at radius 3 is 2.37 bits per heavy atom. The number of rotatable bonds is 3. The van der Waals surface area contributed by atoms with E-state index in [9.17, 15) is 9.59 Å². The summed E-state index contributed by atoms with van der Waals surface area (Å²) in [6.45, 7) is 5.35. The summed E-state index contributed by atoms with van der Waals surface area (Å²) in [5.74, 6) is -0.498. The van der Waals surface area contributed by atoms with Crippen LogP contribution in [-0.2, 0) is 9.57 Å². The largest absolute Gasteiger partial charge is 0.465 e. The number of ether oxygens (including phenoxy) is 1. The van der Waals surface area contributed by atoms with E-state index in [2.05, 4.69) is 4.74 Å². The Bertz CT molecular complexity index is 480. The van der Waals surface area contributed by atoms with Gasteiger partial charge in [-0.1, -0.05) is 6.07 Å². The Morgan fingerprint density at radius 1 is 1.26 bits per heavy atom. The van der Waals surface area contributed by atoms with Gasteiger partial charge >= 0.3 is 12.0 Å². The van der Waals surface area contributed by atoms with Crippen LogP contribution in [0.4, 0.5) is 10.5 Å². The van der Waals surface area contributed by atoms with Crippen molar-refractivity contribution in [2.75, 3.05) is 12.2 Å². The summed E-state index contributed by atoms with van der Waals surface area (Å²) in [5, 5.41) is 0.951. The third-order valence-electron chi connectivity index (χ3n) is 2.07. The van der Waals surface area contributed by atoms with Crippen molar-refractivity contribution < 1.29 is 19.2 Å². The van der Waals surface area contributed by atoms with Crippen LogP contribution in [0.25, 0.3) is 0 Å². The van der Waals surface area contributed by atoms with Crippen LogP contribution in [-0.4, -0.2) is 24.7 Å². The summed E-state index contributed by atoms with van der Waals surface area (Å²) in [6, 6.07) is 5.51. The number of carbonyl (C=O) groups excluding carboxylic acids is 2. The number of primary amides is 1. The summed E-state index contributed by atoms with van der Waals surface area (Å²) in [7, 11) is 1.28. The van der Waals surface area contributed by atoms with Crippen LogP contribution < -0.4 is 10.8 Å². The molecule has 0 aromatic heterocycles. The number of hydrogen-bond acceptors (Lipinski definition) is 4. The third-order valence-corrected chi connectivity index (χ3v) is 2.07. The Morgan fingerprint density at radius 2 is 1.89 bits per heavy atom. The number of hydroxylamine groups is 1. The first-order valence-corrected chi connectivity index (χ1v) is 5.71. The number of benzene rings is 1. The minimum atomic E-state index is -0.767. The Labute approximate surface area is 112 Å². The second-order valence-electron chi connectivity index (χ2n) is 4.88. The number of amides is 2. The first-order chi connectivity index (χ1) is 8.74. The lowest BCUT2D eigenvalue weighted by Crippen LogP contribution is -2.41. The summed E-state index contributed by atoms with van der Waals surface area (Å²) in [6.07, 6.45) is 0. The van der Waals surface area contributed by atoms with Gasteiger partial charge in [0, 0.05) is 0 Å². The van der Waals surface area contributed by atoms with Crippen molar-refractivity contribution in [3.05, 3.63) is 29.8 Å². The molecule has 0 unspecified atom stereocenters. The van der Waals surface area contributed by atoms with Crippen molar-refractivity contribution in [2.45, 2.75) is 26.4 Å². The molecule has 1 aromatic rings. The van der Waals surface area contributed by atoms with E-state index in [0.29, 0.717) is 11.3 Å². The average molecular weight is 266 g/mol. The number of hydrogen-bond donors (Lipinski definition) is 1. The molecule has 0 heterocycles. The highest BCUT2D eigenvalue weighted by atomic mass is 16.7. The lowest BCUT2D eigenvalue weighted by atomic mass is 10.2. The minimum absolute atomic E-state index is 0.309. The summed E-state index contributed by atoms with van der Waals surface area (Å²) >= 11 is 0. The van der Waals surface area contributed by atoms with Crippen molar-refractivity contribution >= 4 is 17.7 Å². The van der Waals surface area contributed by atoms with Crippen molar-refractivity contribution in [3.8, 4) is 0 Å². The molecular weight excluding hydrogens is 248 g/mol. The molecular formula is C13H18N2O4. The molecule has 2 N–H and O–H groups in total. The summed E-state index contributed by atoms with van der Waals surface area (Å²) in [4.78, 5) is 28.3. The van der Waals surface area contributed by atoms with Gasteiger partial charge in [0.2, 0.25) is 0 Å². The van der Waals surface area contributed by atoms with E-state index >= 15 is 0 Å². The van der Waals surface area contributed by atoms with Crippen LogP contribution in [0.2, 0.25) is 0 Å². The molecule has 6 nitrogen and oxygen atoms in total. The van der Waals surface area contributed by atoms with Crippen LogP contribution in [0.15, 0.2) is 24.3 Å². The Balaban J connectivity index is 3.10. The van der Waals surface area contributed by atoms with Gasteiger partial charge in [0.1, 0.15) is 0 Å². The van der Waals surface area contributed by atoms with Crippen LogP contribution in [0.5, 0.6) is 0 Å². The topological polar surface area (TPSA) is 81.9 Å². The van der Waals surface area contributed by atoms with Gasteiger partial charge in [0.25, 0.3) is 0 Å². The molecule has 6 heteroatoms. The fourth-order valence-electron chi connectivity index (χ4n) is 1.38. The molecule has 1 aromatic carbocycles. The standard InChI is InChI=1S/C13H18N2O4/c1-13(2,3)19-15(12(14)17)10-7-5-6-9(8-10)11(16)18-4/h5-8H,1-4H3,(H2,14,17). The van der Waals surface area contributed by atoms with Gasteiger partial charge in [-0.05, 0) is 39.0 Å². The molecule has 0 fully saturated rings. The lowest BCUT2D eigenvalue weighted by Gasteiger charge is -2.28. The quantitative estimate of drug-likeness (QED) is 0.670. The molecule has 104 valence electrons. The number of esters is 1. The Hall–Kier alpha value is -2.08. The number of methoxy groups -OCH3 is 1. The monoisotopic (exact) mass is 266 g/mol. The zero-order chi connectivity index (χ0) is 14.6. The normalized spacial score (nSPS) is 10.9. The van der Waals surface area contributed by atoms with Gasteiger partial charge in [0.05, 0.1) is 24.0 Å². The minimum Gasteiger partial charge on any atom is -0.465 e. The predicted octanol–water partition coefficient (Wildman–Crippen LogP) is 2.09. The zero-order valence-corrected chi connectivity index (χ0v) is 11.5. The SMILES string of the molecule is COC(=O)c1cccc(N(OC(C)(C)C)C(N)=O)c1. The molecule has 0 bridgehead atoms. The molecule has 0 atom stereocenters. The number of carbonyl (C=O) groups is 2. The molecule has 19 heavy (non-hydrogen) atoms. The molecule has 1 rings (SSSR count). The highest BCUT2D eigenvalue weighted by Gasteiger charge is 2.22. The molecule has 0 saturated carbocycles. The summed E-state index contributed by atoms with van der Waals surface area (Å²) < 4.78 is 4.62. The van der Waals surface area contributed by atoms with Gasteiger partial charge in [-0.3, -0.25) is 4.84 Å². The third kappa shape index (κ3) is 4.26. The Kier molecular flexibility index (Phi) is 4.50. The van der Waals surface area contributed by atoms with E-state index in [-0.39, 0.29) is 0 Å². The smallest absolute Gasteiger partial charge is 0.343 e. The highest BCUT2D eigenvalue weighted by molar-refractivity contribution is 5.93. The van der Waals surface area contributed by atoms with Crippen molar-refractivity contribution in [1.82, 2.24) is 0 Å². The fraction of sp³-hybridized carbons (Fsp3) is 0.385. The predicted molar refractivity (Wildman–Crippen MR) is 70.7 cm³/mol. The van der Waals surface area contributed by atoms with Gasteiger partial charge in [-0.15, -0.1) is 0 Å². The van der Waals surface area contributed by atoms with Gasteiger partial charge < -0.3 is 10.5 Å². The molecule has 0 spiro atoms. The molecule has 0 saturated heterocycles. The molecule has 0 radical (unpaired) electrons. The van der Waals surface area contributed by atoms with Gasteiger partial charge in [0.15, 0.2) is 0 Å². The van der Waals surface area contributed by atoms with Crippen molar-refractivity contribution in [3.63, 3.8) is 0 Å². The highest BCUT2D eigenvalue weighted by Crippen LogP contribution is 2.21. The van der Waals surface area contributed by atoms with Gasteiger partial charge in [-0.25, -0.2) is 9.59 Å². The van der Waals surface area contributed by atoms with Crippen molar-refractivity contribution in [1.29, 1.82) is 0 Å². The maximum Gasteiger partial charge on any atom is 0.343 e. The average Bonchev–Trinajstić information content (AvgIpc) is 2.34. The van der Waals surface area contributed by atoms with E-state index < -0.39 is 17.6 Å².